The molecule has 0 aliphatic rings. The summed E-state index contributed by atoms with van der Waals surface area (Å²) in [6.45, 7) is 6.60. The van der Waals surface area contributed by atoms with E-state index < -0.39 is 0 Å². The fourth-order valence-electron chi connectivity index (χ4n) is 2.98. The van der Waals surface area contributed by atoms with Crippen LogP contribution in [0.25, 0.3) is 0 Å². The Hall–Kier alpha value is -2.62. The lowest BCUT2D eigenvalue weighted by Gasteiger charge is -2.17. The van der Waals surface area contributed by atoms with Crippen LogP contribution < -0.4 is 15.4 Å². The zero-order valence-electron chi connectivity index (χ0n) is 17.8. The lowest BCUT2D eigenvalue weighted by atomic mass is 10.1. The second-order valence-corrected chi connectivity index (χ2v) is 7.02. The highest BCUT2D eigenvalue weighted by Crippen LogP contribution is 2.13. The predicted octanol–water partition coefficient (Wildman–Crippen LogP) is 4.21. The molecule has 8 heteroatoms. The molecule has 0 aliphatic carbocycles. The fourth-order valence-corrected chi connectivity index (χ4v) is 2.98. The van der Waals surface area contributed by atoms with Gasteiger partial charge in [-0.3, -0.25) is 0 Å². The van der Waals surface area contributed by atoms with Crippen LogP contribution in [0, 0.1) is 5.82 Å². The summed E-state index contributed by atoms with van der Waals surface area (Å²) in [5, 5.41) is 6.53. The van der Waals surface area contributed by atoms with Crippen molar-refractivity contribution in [2.24, 2.45) is 4.99 Å². The van der Waals surface area contributed by atoms with E-state index >= 15 is 0 Å². The summed E-state index contributed by atoms with van der Waals surface area (Å²) >= 11 is 0. The molecule has 0 amide bonds. The normalized spacial score (nSPS) is 12.0. The first-order chi connectivity index (χ1) is 14.6. The first-order valence-corrected chi connectivity index (χ1v) is 10.1. The van der Waals surface area contributed by atoms with Gasteiger partial charge in [0.05, 0.1) is 19.4 Å². The van der Waals surface area contributed by atoms with Gasteiger partial charge in [0, 0.05) is 31.5 Å². The van der Waals surface area contributed by atoms with Gasteiger partial charge in [-0.1, -0.05) is 30.3 Å². The molecule has 2 aromatic carbocycles. The Kier molecular flexibility index (Phi) is 10.3. The molecule has 3 aromatic rings. The fraction of sp³-hybridized carbons (Fsp3) is 0.304. The maximum Gasteiger partial charge on any atom is 0.191 e. The summed E-state index contributed by atoms with van der Waals surface area (Å²) in [6.07, 6.45) is 5.40. The summed E-state index contributed by atoms with van der Waals surface area (Å²) in [5.41, 5.74) is 2.34. The average molecular weight is 537 g/mol. The Labute approximate surface area is 200 Å². The Morgan fingerprint density at radius 1 is 1.16 bits per heavy atom. The number of rotatable bonds is 9. The molecule has 1 atom stereocenters. The molecule has 1 aromatic heterocycles. The first kappa shape index (κ1) is 24.6. The molecule has 2 N–H and O–H groups in total. The molecule has 166 valence electrons. The number of nitrogens with one attached hydrogen (secondary N) is 2. The molecule has 0 saturated heterocycles. The second-order valence-electron chi connectivity index (χ2n) is 7.02. The minimum absolute atomic E-state index is 0. The van der Waals surface area contributed by atoms with Crippen LogP contribution >= 0.6 is 24.0 Å². The molecule has 6 nitrogen and oxygen atoms in total. The molecule has 0 aliphatic heterocycles. The van der Waals surface area contributed by atoms with Crippen molar-refractivity contribution < 1.29 is 9.13 Å². The number of benzene rings is 2. The van der Waals surface area contributed by atoms with Crippen LogP contribution in [0.1, 0.15) is 25.0 Å². The smallest absolute Gasteiger partial charge is 0.191 e. The van der Waals surface area contributed by atoms with Gasteiger partial charge < -0.3 is 19.9 Å². The summed E-state index contributed by atoms with van der Waals surface area (Å²) in [5.74, 6) is 0.922. The van der Waals surface area contributed by atoms with Crippen LogP contribution in [0.15, 0.2) is 72.2 Å². The minimum atomic E-state index is -0.308. The van der Waals surface area contributed by atoms with E-state index in [4.69, 9.17) is 4.74 Å². The summed E-state index contributed by atoms with van der Waals surface area (Å²) in [7, 11) is 0. The molecule has 0 fully saturated rings. The summed E-state index contributed by atoms with van der Waals surface area (Å²) < 4.78 is 21.1. The van der Waals surface area contributed by atoms with Crippen molar-refractivity contribution in [3.63, 3.8) is 0 Å². The van der Waals surface area contributed by atoms with Gasteiger partial charge in [-0.25, -0.2) is 14.4 Å². The number of imidazole rings is 1. The van der Waals surface area contributed by atoms with Gasteiger partial charge >= 0.3 is 0 Å². The van der Waals surface area contributed by atoms with Crippen molar-refractivity contribution in [2.45, 2.75) is 33.0 Å². The number of aliphatic imine (C=N–C) groups is 1. The van der Waals surface area contributed by atoms with Crippen molar-refractivity contribution >= 4 is 29.9 Å². The highest BCUT2D eigenvalue weighted by atomic mass is 127. The van der Waals surface area contributed by atoms with E-state index in [1.807, 2.05) is 37.0 Å². The lowest BCUT2D eigenvalue weighted by molar-refractivity contribution is 0.223. The van der Waals surface area contributed by atoms with Crippen molar-refractivity contribution in [1.82, 2.24) is 20.2 Å². The molecule has 0 bridgehead atoms. The second kappa shape index (κ2) is 12.9. The van der Waals surface area contributed by atoms with Crippen LogP contribution in [-0.2, 0) is 13.1 Å². The van der Waals surface area contributed by atoms with Gasteiger partial charge in [0.25, 0.3) is 0 Å². The average Bonchev–Trinajstić information content (AvgIpc) is 3.23. The molecule has 3 rings (SSSR count). The number of aromatic nitrogens is 2. The third-order valence-electron chi connectivity index (χ3n) is 4.37. The number of hydrogen-bond donors (Lipinski definition) is 2. The molecular weight excluding hydrogens is 508 g/mol. The van der Waals surface area contributed by atoms with Crippen LogP contribution in [0.5, 0.6) is 5.75 Å². The molecule has 1 heterocycles. The zero-order chi connectivity index (χ0) is 21.2. The topological polar surface area (TPSA) is 63.5 Å². The van der Waals surface area contributed by atoms with Gasteiger partial charge in [-0.2, -0.15) is 0 Å². The predicted molar refractivity (Wildman–Crippen MR) is 132 cm³/mol. The number of ether oxygens (including phenoxy) is 1. The van der Waals surface area contributed by atoms with Gasteiger partial charge in [0.1, 0.15) is 17.7 Å². The van der Waals surface area contributed by atoms with E-state index in [2.05, 4.69) is 38.8 Å². The van der Waals surface area contributed by atoms with E-state index in [-0.39, 0.29) is 35.9 Å². The van der Waals surface area contributed by atoms with Gasteiger partial charge in [-0.05, 0) is 37.1 Å². The summed E-state index contributed by atoms with van der Waals surface area (Å²) in [4.78, 5) is 8.76. The van der Waals surface area contributed by atoms with Gasteiger partial charge in [0.15, 0.2) is 5.96 Å². The number of halogens is 2. The van der Waals surface area contributed by atoms with E-state index in [1.54, 1.807) is 18.3 Å². The lowest BCUT2D eigenvalue weighted by Crippen LogP contribution is -2.41. The Morgan fingerprint density at radius 3 is 2.71 bits per heavy atom. The standard InChI is InChI=1S/C23H28FN5O.HI/c1-3-26-23(27-14-18(2)30-22-9-5-8-21(24)13-22)28-15-19-6-4-7-20(12-19)16-29-11-10-25-17-29;/h4-13,17-18H,3,14-16H2,1-2H3,(H2,26,27,28);1H. The SMILES string of the molecule is CCNC(=NCc1cccc(Cn2ccnc2)c1)NCC(C)Oc1cccc(F)c1.I. The van der Waals surface area contributed by atoms with Crippen molar-refractivity contribution in [2.75, 3.05) is 13.1 Å². The molecule has 1 unspecified atom stereocenters. The van der Waals surface area contributed by atoms with Crippen LogP contribution in [-0.4, -0.2) is 34.7 Å². The maximum atomic E-state index is 13.3. The monoisotopic (exact) mass is 537 g/mol. The molecular formula is C23H29FIN5O. The molecule has 31 heavy (non-hydrogen) atoms. The van der Waals surface area contributed by atoms with Gasteiger partial charge in [-0.15, -0.1) is 24.0 Å². The third kappa shape index (κ3) is 8.56. The highest BCUT2D eigenvalue weighted by Gasteiger charge is 2.07. The van der Waals surface area contributed by atoms with Crippen LogP contribution in [0.2, 0.25) is 0 Å². The summed E-state index contributed by atoms with van der Waals surface area (Å²) in [6, 6.07) is 14.5. The number of guanidine groups is 1. The number of nitrogens with zero attached hydrogens (tertiary/aromatic N) is 3. The third-order valence-corrected chi connectivity index (χ3v) is 4.37. The molecule has 0 spiro atoms. The zero-order valence-corrected chi connectivity index (χ0v) is 20.1. The molecule has 0 saturated carbocycles. The quantitative estimate of drug-likeness (QED) is 0.244. The van der Waals surface area contributed by atoms with Crippen LogP contribution in [0.4, 0.5) is 4.39 Å². The number of hydrogen-bond acceptors (Lipinski definition) is 3. The van der Waals surface area contributed by atoms with Crippen molar-refractivity contribution in [3.05, 3.63) is 84.2 Å². The highest BCUT2D eigenvalue weighted by molar-refractivity contribution is 14.0. The van der Waals surface area contributed by atoms with E-state index in [1.165, 1.54) is 17.7 Å². The van der Waals surface area contributed by atoms with Crippen molar-refractivity contribution in [1.29, 1.82) is 0 Å². The minimum Gasteiger partial charge on any atom is -0.489 e. The van der Waals surface area contributed by atoms with E-state index in [0.29, 0.717) is 24.8 Å². The largest absolute Gasteiger partial charge is 0.489 e. The van der Waals surface area contributed by atoms with Crippen molar-refractivity contribution in [3.8, 4) is 5.75 Å². The Balaban J connectivity index is 0.00000341. The first-order valence-electron chi connectivity index (χ1n) is 10.1. The van der Waals surface area contributed by atoms with E-state index in [9.17, 15) is 4.39 Å². The Bertz CT molecular complexity index is 949. The van der Waals surface area contributed by atoms with Gasteiger partial charge in [0.2, 0.25) is 0 Å². The molecule has 0 radical (unpaired) electrons. The maximum absolute atomic E-state index is 13.3. The Morgan fingerprint density at radius 2 is 1.97 bits per heavy atom. The van der Waals surface area contributed by atoms with Crippen LogP contribution in [0.3, 0.4) is 0 Å². The van der Waals surface area contributed by atoms with E-state index in [0.717, 1.165) is 18.7 Å².